The molecule has 6 heteroatoms. The lowest BCUT2D eigenvalue weighted by atomic mass is 10.1. The van der Waals surface area contributed by atoms with Crippen LogP contribution in [0.1, 0.15) is 23.1 Å². The van der Waals surface area contributed by atoms with E-state index in [1.165, 1.54) is 16.9 Å². The summed E-state index contributed by atoms with van der Waals surface area (Å²) in [5, 5.41) is 7.95. The maximum absolute atomic E-state index is 12.2. The molecule has 0 aliphatic carbocycles. The zero-order valence-electron chi connectivity index (χ0n) is 15.5. The van der Waals surface area contributed by atoms with Gasteiger partial charge >= 0.3 is 0 Å². The Morgan fingerprint density at radius 3 is 2.89 bits per heavy atom. The van der Waals surface area contributed by atoms with Crippen molar-refractivity contribution in [3.63, 3.8) is 0 Å². The summed E-state index contributed by atoms with van der Waals surface area (Å²) in [4.78, 5) is 20.0. The number of benzene rings is 2. The summed E-state index contributed by atoms with van der Waals surface area (Å²) in [6.45, 7) is 2.13. The Balaban J connectivity index is 1.39. The van der Waals surface area contributed by atoms with Gasteiger partial charge in [-0.3, -0.25) is 4.79 Å². The number of para-hydroxylation sites is 1. The quantitative estimate of drug-likeness (QED) is 0.376. The van der Waals surface area contributed by atoms with Crippen LogP contribution in [-0.2, 0) is 17.6 Å². The SMILES string of the molecule is CCc1cccc2c(/C=N/NC(=O)Cc3nc(-c4ccccc4)cs3)c[nH]c12. The number of thiazole rings is 1. The monoisotopic (exact) mass is 388 g/mol. The Kier molecular flexibility index (Phi) is 5.30. The molecule has 0 radical (unpaired) electrons. The van der Waals surface area contributed by atoms with Gasteiger partial charge in [0.2, 0.25) is 5.91 Å². The number of H-pyrrole nitrogens is 1. The zero-order chi connectivity index (χ0) is 19.3. The summed E-state index contributed by atoms with van der Waals surface area (Å²) in [7, 11) is 0. The first-order valence-corrected chi connectivity index (χ1v) is 10.0. The van der Waals surface area contributed by atoms with Crippen LogP contribution in [0.25, 0.3) is 22.2 Å². The van der Waals surface area contributed by atoms with Gasteiger partial charge in [0, 0.05) is 33.6 Å². The fourth-order valence-electron chi connectivity index (χ4n) is 3.12. The van der Waals surface area contributed by atoms with Crippen molar-refractivity contribution in [1.29, 1.82) is 0 Å². The standard InChI is InChI=1S/C22H20N4OS/c1-2-15-9-6-10-18-17(12-23-22(15)18)13-24-26-20(27)11-21-25-19(14-28-21)16-7-4-3-5-8-16/h3-10,12-14,23H,2,11H2,1H3,(H,26,27)/b24-13+. The predicted octanol–water partition coefficient (Wildman–Crippen LogP) is 4.55. The van der Waals surface area contributed by atoms with E-state index in [-0.39, 0.29) is 12.3 Å². The van der Waals surface area contributed by atoms with E-state index in [1.807, 2.05) is 48.0 Å². The van der Waals surface area contributed by atoms with Crippen LogP contribution in [0.2, 0.25) is 0 Å². The fourth-order valence-corrected chi connectivity index (χ4v) is 3.93. The highest BCUT2D eigenvalue weighted by molar-refractivity contribution is 7.10. The maximum atomic E-state index is 12.2. The van der Waals surface area contributed by atoms with Crippen LogP contribution in [0.5, 0.6) is 0 Å². The van der Waals surface area contributed by atoms with Gasteiger partial charge in [0.15, 0.2) is 0 Å². The molecule has 0 fully saturated rings. The molecule has 2 heterocycles. The molecule has 0 bridgehead atoms. The van der Waals surface area contributed by atoms with Crippen molar-refractivity contribution in [1.82, 2.24) is 15.4 Å². The van der Waals surface area contributed by atoms with Crippen LogP contribution < -0.4 is 5.43 Å². The predicted molar refractivity (Wildman–Crippen MR) is 115 cm³/mol. The lowest BCUT2D eigenvalue weighted by Gasteiger charge is -1.99. The molecule has 5 nitrogen and oxygen atoms in total. The van der Waals surface area contributed by atoms with Gasteiger partial charge in [0.1, 0.15) is 5.01 Å². The van der Waals surface area contributed by atoms with Gasteiger partial charge < -0.3 is 4.98 Å². The minimum absolute atomic E-state index is 0.181. The molecule has 0 aliphatic rings. The Hall–Kier alpha value is -3.25. The number of nitrogens with one attached hydrogen (secondary N) is 2. The molecule has 0 saturated heterocycles. The van der Waals surface area contributed by atoms with E-state index in [2.05, 4.69) is 39.6 Å². The molecule has 1 amide bonds. The van der Waals surface area contributed by atoms with Crippen molar-refractivity contribution in [3.05, 3.63) is 76.2 Å². The number of hydrazone groups is 1. The molecule has 0 saturated carbocycles. The van der Waals surface area contributed by atoms with Gasteiger partial charge in [-0.15, -0.1) is 11.3 Å². The van der Waals surface area contributed by atoms with Crippen molar-refractivity contribution >= 4 is 34.4 Å². The van der Waals surface area contributed by atoms with E-state index in [0.717, 1.165) is 39.2 Å². The number of aromatic nitrogens is 2. The second-order valence-electron chi connectivity index (χ2n) is 6.40. The molecule has 2 N–H and O–H groups in total. The normalized spacial score (nSPS) is 11.3. The molecule has 140 valence electrons. The summed E-state index contributed by atoms with van der Waals surface area (Å²) in [5.41, 5.74) is 7.87. The number of nitrogens with zero attached hydrogens (tertiary/aromatic N) is 2. The van der Waals surface area contributed by atoms with Gasteiger partial charge in [0.05, 0.1) is 18.3 Å². The van der Waals surface area contributed by atoms with Crippen molar-refractivity contribution < 1.29 is 4.79 Å². The topological polar surface area (TPSA) is 70.1 Å². The molecule has 2 aromatic heterocycles. The molecule has 4 aromatic rings. The van der Waals surface area contributed by atoms with Gasteiger partial charge in [-0.2, -0.15) is 5.10 Å². The van der Waals surface area contributed by atoms with Crippen molar-refractivity contribution in [2.75, 3.05) is 0 Å². The minimum Gasteiger partial charge on any atom is -0.360 e. The number of fused-ring (bicyclic) bond motifs is 1. The molecule has 2 aromatic carbocycles. The molecule has 0 atom stereocenters. The van der Waals surface area contributed by atoms with E-state index in [0.29, 0.717) is 0 Å². The van der Waals surface area contributed by atoms with Gasteiger partial charge in [-0.05, 0) is 12.0 Å². The second-order valence-corrected chi connectivity index (χ2v) is 7.34. The summed E-state index contributed by atoms with van der Waals surface area (Å²) in [5.74, 6) is -0.181. The fraction of sp³-hybridized carbons (Fsp3) is 0.136. The molecule has 0 unspecified atom stereocenters. The number of amides is 1. The van der Waals surface area contributed by atoms with Gasteiger partial charge in [0.25, 0.3) is 0 Å². The van der Waals surface area contributed by atoms with E-state index >= 15 is 0 Å². The third kappa shape index (κ3) is 3.87. The summed E-state index contributed by atoms with van der Waals surface area (Å²) in [6.07, 6.45) is 4.76. The van der Waals surface area contributed by atoms with Crippen LogP contribution in [0, 0.1) is 0 Å². The summed E-state index contributed by atoms with van der Waals surface area (Å²) < 4.78 is 0. The van der Waals surface area contributed by atoms with Crippen LogP contribution >= 0.6 is 11.3 Å². The first-order valence-electron chi connectivity index (χ1n) is 9.15. The van der Waals surface area contributed by atoms with E-state index < -0.39 is 0 Å². The highest BCUT2D eigenvalue weighted by Crippen LogP contribution is 2.22. The van der Waals surface area contributed by atoms with Gasteiger partial charge in [-0.1, -0.05) is 55.5 Å². The Morgan fingerprint density at radius 1 is 1.21 bits per heavy atom. The molecule has 4 rings (SSSR count). The molecular formula is C22H20N4OS. The largest absolute Gasteiger partial charge is 0.360 e. The maximum Gasteiger partial charge on any atom is 0.246 e. The van der Waals surface area contributed by atoms with Crippen molar-refractivity contribution in [2.24, 2.45) is 5.10 Å². The van der Waals surface area contributed by atoms with Crippen molar-refractivity contribution in [3.8, 4) is 11.3 Å². The van der Waals surface area contributed by atoms with E-state index in [9.17, 15) is 4.79 Å². The Bertz CT molecular complexity index is 1130. The molecule has 28 heavy (non-hydrogen) atoms. The number of aryl methyl sites for hydroxylation is 1. The Morgan fingerprint density at radius 2 is 2.07 bits per heavy atom. The van der Waals surface area contributed by atoms with Gasteiger partial charge in [-0.25, -0.2) is 10.4 Å². The van der Waals surface area contributed by atoms with E-state index in [1.54, 1.807) is 6.21 Å². The highest BCUT2D eigenvalue weighted by atomic mass is 32.1. The smallest absolute Gasteiger partial charge is 0.246 e. The average Bonchev–Trinajstić information content (AvgIpc) is 3.36. The van der Waals surface area contributed by atoms with Crippen LogP contribution in [0.15, 0.2) is 65.2 Å². The Labute approximate surface area is 167 Å². The third-order valence-corrected chi connectivity index (χ3v) is 5.39. The van der Waals surface area contributed by atoms with Crippen LogP contribution in [0.4, 0.5) is 0 Å². The number of hydrogen-bond donors (Lipinski definition) is 2. The minimum atomic E-state index is -0.181. The average molecular weight is 388 g/mol. The van der Waals surface area contributed by atoms with E-state index in [4.69, 9.17) is 0 Å². The number of hydrogen-bond acceptors (Lipinski definition) is 4. The number of carbonyl (C=O) groups excluding carboxylic acids is 1. The highest BCUT2D eigenvalue weighted by Gasteiger charge is 2.09. The molecule has 0 spiro atoms. The first kappa shape index (κ1) is 18.1. The summed E-state index contributed by atoms with van der Waals surface area (Å²) >= 11 is 1.48. The second kappa shape index (κ2) is 8.19. The zero-order valence-corrected chi connectivity index (χ0v) is 16.3. The lowest BCUT2D eigenvalue weighted by molar-refractivity contribution is -0.120. The number of carbonyl (C=O) groups is 1. The van der Waals surface area contributed by atoms with Crippen molar-refractivity contribution in [2.45, 2.75) is 19.8 Å². The molecular weight excluding hydrogens is 368 g/mol. The van der Waals surface area contributed by atoms with Crippen LogP contribution in [0.3, 0.4) is 0 Å². The third-order valence-electron chi connectivity index (χ3n) is 4.54. The number of rotatable bonds is 6. The lowest BCUT2D eigenvalue weighted by Crippen LogP contribution is -2.19. The number of aromatic amines is 1. The summed E-state index contributed by atoms with van der Waals surface area (Å²) in [6, 6.07) is 16.1. The first-order chi connectivity index (χ1) is 13.7. The van der Waals surface area contributed by atoms with Crippen LogP contribution in [-0.4, -0.2) is 22.1 Å². The molecule has 0 aliphatic heterocycles.